The van der Waals surface area contributed by atoms with E-state index in [0.717, 1.165) is 5.92 Å². The molecule has 0 saturated heterocycles. The van der Waals surface area contributed by atoms with Crippen molar-refractivity contribution in [2.24, 2.45) is 10.9 Å². The molecule has 1 aliphatic heterocycles. The number of aliphatic imine (C=N–C) groups is 1. The fourth-order valence-electron chi connectivity index (χ4n) is 2.53. The number of hydrogen-bond donors (Lipinski definition) is 1. The zero-order chi connectivity index (χ0) is 11.1. The first-order valence-corrected chi connectivity index (χ1v) is 6.25. The van der Waals surface area contributed by atoms with E-state index in [9.17, 15) is 0 Å². The standard InChI is InChI=1S/C9H14.C5H6N2/c1-2-5-9-7-3-6-8(9)4-1;1-2-6-4-5-7-3-1/h4,9H,1-3,5-7H2;1-6H. The number of allylic oxidation sites excluding steroid dienone is 3. The van der Waals surface area contributed by atoms with Crippen LogP contribution in [0, 0.1) is 5.92 Å². The van der Waals surface area contributed by atoms with Crippen molar-refractivity contribution in [3.63, 3.8) is 0 Å². The summed E-state index contributed by atoms with van der Waals surface area (Å²) in [6.45, 7) is 0. The zero-order valence-electron chi connectivity index (χ0n) is 9.73. The molecular weight excluding hydrogens is 196 g/mol. The Labute approximate surface area is 97.8 Å². The molecule has 2 heteroatoms. The monoisotopic (exact) mass is 216 g/mol. The molecule has 0 bridgehead atoms. The van der Waals surface area contributed by atoms with Gasteiger partial charge >= 0.3 is 0 Å². The van der Waals surface area contributed by atoms with Gasteiger partial charge in [-0.25, -0.2) is 0 Å². The average molecular weight is 216 g/mol. The minimum absolute atomic E-state index is 1.03. The van der Waals surface area contributed by atoms with Gasteiger partial charge < -0.3 is 5.32 Å². The molecule has 1 fully saturated rings. The van der Waals surface area contributed by atoms with Crippen LogP contribution in [0.4, 0.5) is 0 Å². The second-order valence-corrected chi connectivity index (χ2v) is 4.44. The second-order valence-electron chi connectivity index (χ2n) is 4.44. The van der Waals surface area contributed by atoms with Crippen LogP contribution in [-0.4, -0.2) is 6.21 Å². The first-order valence-electron chi connectivity index (χ1n) is 6.25. The van der Waals surface area contributed by atoms with Gasteiger partial charge in [0.2, 0.25) is 0 Å². The minimum Gasteiger partial charge on any atom is -0.366 e. The largest absolute Gasteiger partial charge is 0.366 e. The molecule has 1 saturated carbocycles. The van der Waals surface area contributed by atoms with Gasteiger partial charge in [-0.15, -0.1) is 0 Å². The lowest BCUT2D eigenvalue weighted by Crippen LogP contribution is -2.00. The van der Waals surface area contributed by atoms with E-state index < -0.39 is 0 Å². The summed E-state index contributed by atoms with van der Waals surface area (Å²) < 4.78 is 0. The number of fused-ring (bicyclic) bond motifs is 1. The molecule has 1 atom stereocenters. The molecule has 1 unspecified atom stereocenters. The number of rotatable bonds is 0. The predicted molar refractivity (Wildman–Crippen MR) is 69.2 cm³/mol. The molecule has 0 spiro atoms. The van der Waals surface area contributed by atoms with Crippen molar-refractivity contribution in [3.05, 3.63) is 36.3 Å². The molecule has 0 aromatic carbocycles. The first kappa shape index (κ1) is 11.2. The van der Waals surface area contributed by atoms with Crippen LogP contribution < -0.4 is 5.32 Å². The van der Waals surface area contributed by atoms with Crippen molar-refractivity contribution in [3.8, 4) is 0 Å². The molecule has 0 amide bonds. The number of nitrogens with zero attached hydrogens (tertiary/aromatic N) is 1. The van der Waals surface area contributed by atoms with Crippen LogP contribution in [0.25, 0.3) is 0 Å². The highest BCUT2D eigenvalue weighted by Crippen LogP contribution is 2.37. The Morgan fingerprint density at radius 1 is 1.19 bits per heavy atom. The van der Waals surface area contributed by atoms with E-state index >= 15 is 0 Å². The quantitative estimate of drug-likeness (QED) is 0.615. The molecule has 16 heavy (non-hydrogen) atoms. The lowest BCUT2D eigenvalue weighted by molar-refractivity contribution is 0.526. The van der Waals surface area contributed by atoms with Gasteiger partial charge in [0.1, 0.15) is 0 Å². The fourth-order valence-corrected chi connectivity index (χ4v) is 2.53. The van der Waals surface area contributed by atoms with Crippen molar-refractivity contribution in [1.29, 1.82) is 0 Å². The molecule has 0 aromatic heterocycles. The van der Waals surface area contributed by atoms with Gasteiger partial charge in [0.25, 0.3) is 0 Å². The Morgan fingerprint density at radius 2 is 2.12 bits per heavy atom. The zero-order valence-corrected chi connectivity index (χ0v) is 9.73. The summed E-state index contributed by atoms with van der Waals surface area (Å²) >= 11 is 0. The highest BCUT2D eigenvalue weighted by Gasteiger charge is 2.21. The summed E-state index contributed by atoms with van der Waals surface area (Å²) in [6, 6.07) is 0. The summed E-state index contributed by atoms with van der Waals surface area (Å²) in [7, 11) is 0. The summed E-state index contributed by atoms with van der Waals surface area (Å²) in [4.78, 5) is 3.82. The normalized spacial score (nSPS) is 26.0. The Bertz CT molecular complexity index is 310. The average Bonchev–Trinajstić information content (AvgIpc) is 2.61. The molecule has 2 nitrogen and oxygen atoms in total. The summed E-state index contributed by atoms with van der Waals surface area (Å²) in [5.74, 6) is 1.03. The van der Waals surface area contributed by atoms with E-state index in [1.54, 1.807) is 24.2 Å². The van der Waals surface area contributed by atoms with Crippen LogP contribution >= 0.6 is 0 Å². The van der Waals surface area contributed by atoms with Gasteiger partial charge in [-0.1, -0.05) is 11.6 Å². The smallest absolute Gasteiger partial charge is 0.0427 e. The maximum Gasteiger partial charge on any atom is 0.0427 e. The molecule has 3 rings (SSSR count). The van der Waals surface area contributed by atoms with E-state index in [1.807, 2.05) is 12.3 Å². The van der Waals surface area contributed by atoms with E-state index in [1.165, 1.54) is 38.5 Å². The van der Waals surface area contributed by atoms with E-state index in [2.05, 4.69) is 16.4 Å². The van der Waals surface area contributed by atoms with Crippen LogP contribution in [0.1, 0.15) is 38.5 Å². The third-order valence-corrected chi connectivity index (χ3v) is 3.33. The molecule has 0 aromatic rings. The van der Waals surface area contributed by atoms with Gasteiger partial charge in [0.15, 0.2) is 0 Å². The van der Waals surface area contributed by atoms with E-state index in [4.69, 9.17) is 0 Å². The molecule has 1 N–H and O–H groups in total. The Balaban J connectivity index is 0.000000125. The predicted octanol–water partition coefficient (Wildman–Crippen LogP) is 3.54. The first-order chi connectivity index (χ1) is 7.97. The Kier molecular flexibility index (Phi) is 4.41. The van der Waals surface area contributed by atoms with Gasteiger partial charge in [0, 0.05) is 24.8 Å². The molecule has 86 valence electrons. The maximum absolute atomic E-state index is 3.82. The topological polar surface area (TPSA) is 24.4 Å². The van der Waals surface area contributed by atoms with Crippen LogP contribution in [0.5, 0.6) is 0 Å². The van der Waals surface area contributed by atoms with Gasteiger partial charge in [-0.3, -0.25) is 4.99 Å². The highest BCUT2D eigenvalue weighted by molar-refractivity contribution is 5.71. The fraction of sp³-hybridized carbons (Fsp3) is 0.500. The van der Waals surface area contributed by atoms with Gasteiger partial charge in [-0.2, -0.15) is 0 Å². The van der Waals surface area contributed by atoms with Gasteiger partial charge in [0.05, 0.1) is 0 Å². The van der Waals surface area contributed by atoms with Crippen LogP contribution in [0.2, 0.25) is 0 Å². The van der Waals surface area contributed by atoms with Crippen molar-refractivity contribution < 1.29 is 0 Å². The SMILES string of the molecule is C1=C2CCCC2CCC1.C1=CNC=CN=C1. The molecule has 3 aliphatic rings. The van der Waals surface area contributed by atoms with Crippen LogP contribution in [-0.2, 0) is 0 Å². The molecule has 1 heterocycles. The lowest BCUT2D eigenvalue weighted by Gasteiger charge is -2.15. The van der Waals surface area contributed by atoms with Crippen molar-refractivity contribution in [2.45, 2.75) is 38.5 Å². The van der Waals surface area contributed by atoms with Crippen LogP contribution in [0.15, 0.2) is 41.3 Å². The third kappa shape index (κ3) is 3.37. The molecule has 0 radical (unpaired) electrons. The highest BCUT2D eigenvalue weighted by atomic mass is 14.8. The lowest BCUT2D eigenvalue weighted by atomic mass is 9.90. The Hall–Kier alpha value is -1.31. The second kappa shape index (κ2) is 6.31. The van der Waals surface area contributed by atoms with Crippen molar-refractivity contribution >= 4 is 6.21 Å². The number of hydrogen-bond acceptors (Lipinski definition) is 2. The van der Waals surface area contributed by atoms with Gasteiger partial charge in [-0.05, 0) is 50.5 Å². The third-order valence-electron chi connectivity index (χ3n) is 3.33. The summed E-state index contributed by atoms with van der Waals surface area (Å²) in [5, 5.41) is 2.86. The summed E-state index contributed by atoms with van der Waals surface area (Å²) in [5.41, 5.74) is 1.79. The maximum atomic E-state index is 3.82. The minimum atomic E-state index is 1.03. The summed E-state index contributed by atoms with van der Waals surface area (Å²) in [6.07, 6.45) is 20.0. The van der Waals surface area contributed by atoms with E-state index in [0.29, 0.717) is 0 Å². The van der Waals surface area contributed by atoms with Crippen molar-refractivity contribution in [1.82, 2.24) is 5.32 Å². The van der Waals surface area contributed by atoms with E-state index in [-0.39, 0.29) is 0 Å². The number of nitrogens with one attached hydrogen (secondary N) is 1. The van der Waals surface area contributed by atoms with Crippen molar-refractivity contribution in [2.75, 3.05) is 0 Å². The molecule has 2 aliphatic carbocycles. The Morgan fingerprint density at radius 3 is 3.06 bits per heavy atom. The molecular formula is C14H20N2. The van der Waals surface area contributed by atoms with Crippen LogP contribution in [0.3, 0.4) is 0 Å².